The molecule has 0 radical (unpaired) electrons. The van der Waals surface area contributed by atoms with Gasteiger partial charge in [0.05, 0.1) is 5.52 Å². The second-order valence-electron chi connectivity index (χ2n) is 4.36. The van der Waals surface area contributed by atoms with E-state index in [1.165, 1.54) is 0 Å². The second-order valence-corrected chi connectivity index (χ2v) is 4.36. The van der Waals surface area contributed by atoms with Crippen molar-refractivity contribution in [1.82, 2.24) is 15.0 Å². The molecule has 1 aromatic carbocycles. The summed E-state index contributed by atoms with van der Waals surface area (Å²) in [5.74, 6) is 2.23. The minimum Gasteiger partial charge on any atom is -0.486 e. The zero-order valence-corrected chi connectivity index (χ0v) is 11.1. The van der Waals surface area contributed by atoms with Gasteiger partial charge in [-0.05, 0) is 24.3 Å². The molecule has 6 nitrogen and oxygen atoms in total. The summed E-state index contributed by atoms with van der Waals surface area (Å²) < 4.78 is 5.64. The number of imidazole rings is 1. The largest absolute Gasteiger partial charge is 0.486 e. The first-order valence-electron chi connectivity index (χ1n) is 6.26. The van der Waals surface area contributed by atoms with Crippen molar-refractivity contribution in [3.8, 4) is 5.75 Å². The van der Waals surface area contributed by atoms with Crippen LogP contribution in [0.1, 0.15) is 5.82 Å². The highest BCUT2D eigenvalue weighted by Crippen LogP contribution is 2.17. The maximum atomic E-state index is 5.70. The van der Waals surface area contributed by atoms with E-state index < -0.39 is 0 Å². The molecule has 20 heavy (non-hydrogen) atoms. The number of nitrogen functional groups attached to an aromatic ring is 1. The number of hydrogen-bond acceptors (Lipinski definition) is 5. The third-order valence-corrected chi connectivity index (χ3v) is 2.88. The van der Waals surface area contributed by atoms with Crippen molar-refractivity contribution in [3.05, 3.63) is 42.2 Å². The average molecular weight is 269 g/mol. The van der Waals surface area contributed by atoms with E-state index in [4.69, 9.17) is 10.5 Å². The predicted molar refractivity (Wildman–Crippen MR) is 78.6 cm³/mol. The Hall–Kier alpha value is -2.76. The van der Waals surface area contributed by atoms with E-state index in [0.29, 0.717) is 23.7 Å². The van der Waals surface area contributed by atoms with Crippen molar-refractivity contribution >= 4 is 22.7 Å². The lowest BCUT2D eigenvalue weighted by molar-refractivity contribution is 0.297. The Morgan fingerprint density at radius 3 is 2.95 bits per heavy atom. The maximum absolute atomic E-state index is 5.70. The van der Waals surface area contributed by atoms with E-state index in [-0.39, 0.29) is 0 Å². The summed E-state index contributed by atoms with van der Waals surface area (Å²) in [6, 6.07) is 11.1. The smallest absolute Gasteiger partial charge is 0.179 e. The van der Waals surface area contributed by atoms with Crippen LogP contribution in [0, 0.1) is 0 Å². The van der Waals surface area contributed by atoms with E-state index in [2.05, 4.69) is 20.3 Å². The molecule has 0 amide bonds. The number of rotatable bonds is 4. The molecule has 0 saturated carbocycles. The fraction of sp³-hybridized carbons (Fsp3) is 0.143. The van der Waals surface area contributed by atoms with E-state index in [1.807, 2.05) is 37.4 Å². The molecule has 0 spiro atoms. The Labute approximate surface area is 116 Å². The third kappa shape index (κ3) is 2.49. The number of nitrogens with one attached hydrogen (secondary N) is 2. The summed E-state index contributed by atoms with van der Waals surface area (Å²) in [5.41, 5.74) is 7.93. The van der Waals surface area contributed by atoms with Gasteiger partial charge in [-0.15, -0.1) is 0 Å². The summed E-state index contributed by atoms with van der Waals surface area (Å²) in [7, 11) is 1.82. The minimum absolute atomic E-state index is 0.342. The van der Waals surface area contributed by atoms with Crippen LogP contribution in [0.4, 0.5) is 11.5 Å². The van der Waals surface area contributed by atoms with Crippen molar-refractivity contribution in [1.29, 1.82) is 0 Å². The summed E-state index contributed by atoms with van der Waals surface area (Å²) in [4.78, 5) is 11.9. The molecule has 6 heteroatoms. The molecule has 0 fully saturated rings. The van der Waals surface area contributed by atoms with Crippen molar-refractivity contribution in [2.24, 2.45) is 0 Å². The lowest BCUT2D eigenvalue weighted by Crippen LogP contribution is -1.98. The van der Waals surface area contributed by atoms with Gasteiger partial charge in [0.2, 0.25) is 0 Å². The van der Waals surface area contributed by atoms with Crippen molar-refractivity contribution < 1.29 is 4.74 Å². The Kier molecular flexibility index (Phi) is 3.12. The fourth-order valence-electron chi connectivity index (χ4n) is 1.91. The first kappa shape index (κ1) is 12.3. The van der Waals surface area contributed by atoms with Crippen LogP contribution >= 0.6 is 0 Å². The summed E-state index contributed by atoms with van der Waals surface area (Å²) in [6.45, 7) is 0.342. The van der Waals surface area contributed by atoms with Gasteiger partial charge < -0.3 is 20.8 Å². The number of hydrogen-bond donors (Lipinski definition) is 3. The van der Waals surface area contributed by atoms with Gasteiger partial charge in [0.1, 0.15) is 24.0 Å². The number of aromatic amines is 1. The Morgan fingerprint density at radius 2 is 2.15 bits per heavy atom. The lowest BCUT2D eigenvalue weighted by atomic mass is 10.3. The van der Waals surface area contributed by atoms with E-state index >= 15 is 0 Å². The van der Waals surface area contributed by atoms with Gasteiger partial charge in [-0.2, -0.15) is 0 Å². The fourth-order valence-corrected chi connectivity index (χ4v) is 1.91. The molecule has 0 aliphatic carbocycles. The van der Waals surface area contributed by atoms with Gasteiger partial charge in [-0.25, -0.2) is 9.97 Å². The number of anilines is 2. The Morgan fingerprint density at radius 1 is 1.25 bits per heavy atom. The highest BCUT2D eigenvalue weighted by Gasteiger charge is 2.05. The van der Waals surface area contributed by atoms with E-state index in [1.54, 1.807) is 6.07 Å². The zero-order chi connectivity index (χ0) is 13.9. The topological polar surface area (TPSA) is 88.8 Å². The van der Waals surface area contributed by atoms with Gasteiger partial charge in [0.25, 0.3) is 0 Å². The number of ether oxygens (including phenoxy) is 1. The predicted octanol–water partition coefficient (Wildman–Crippen LogP) is 2.16. The lowest BCUT2D eigenvalue weighted by Gasteiger charge is -2.04. The number of pyridine rings is 1. The summed E-state index contributed by atoms with van der Waals surface area (Å²) in [5, 5.41) is 2.98. The van der Waals surface area contributed by atoms with Gasteiger partial charge in [-0.3, -0.25) is 0 Å². The maximum Gasteiger partial charge on any atom is 0.179 e. The molecule has 0 saturated heterocycles. The van der Waals surface area contributed by atoms with Crippen molar-refractivity contribution in [2.45, 2.75) is 6.61 Å². The van der Waals surface area contributed by atoms with Crippen molar-refractivity contribution in [2.75, 3.05) is 18.1 Å². The molecule has 0 aliphatic heterocycles. The molecule has 102 valence electrons. The summed E-state index contributed by atoms with van der Waals surface area (Å²) >= 11 is 0. The molecule has 3 aromatic rings. The molecule has 2 aromatic heterocycles. The van der Waals surface area contributed by atoms with Crippen LogP contribution in [-0.2, 0) is 6.61 Å². The molecule has 2 heterocycles. The highest BCUT2D eigenvalue weighted by atomic mass is 16.5. The van der Waals surface area contributed by atoms with Crippen molar-refractivity contribution in [3.63, 3.8) is 0 Å². The Bertz CT molecular complexity index is 737. The van der Waals surface area contributed by atoms with Crippen LogP contribution in [0.2, 0.25) is 0 Å². The highest BCUT2D eigenvalue weighted by molar-refractivity contribution is 5.72. The van der Waals surface area contributed by atoms with Crippen LogP contribution < -0.4 is 15.8 Å². The number of H-pyrrole nitrogens is 1. The molecule has 0 atom stereocenters. The number of aromatic nitrogens is 3. The van der Waals surface area contributed by atoms with Crippen LogP contribution in [0.5, 0.6) is 5.75 Å². The van der Waals surface area contributed by atoms with E-state index in [0.717, 1.165) is 17.2 Å². The quantitative estimate of drug-likeness (QED) is 0.632. The Balaban J connectivity index is 1.77. The molecular weight excluding hydrogens is 254 g/mol. The average Bonchev–Trinajstić information content (AvgIpc) is 2.87. The number of nitrogens with two attached hydrogens (primary N) is 1. The molecule has 4 N–H and O–H groups in total. The van der Waals surface area contributed by atoms with Crippen LogP contribution in [0.15, 0.2) is 36.4 Å². The molecule has 0 aliphatic rings. The number of nitrogens with zero attached hydrogens (tertiary/aromatic N) is 2. The molecule has 0 unspecified atom stereocenters. The standard InChI is InChI=1S/C14H15N5O/c1-16-12-6-5-11-14(18-12)19-13(17-11)8-20-10-4-2-3-9(15)7-10/h2-7H,8,15H2,1H3,(H2,16,17,18,19). The normalized spacial score (nSPS) is 10.7. The van der Waals surface area contributed by atoms with Crippen LogP contribution in [0.3, 0.4) is 0 Å². The first-order chi connectivity index (χ1) is 9.74. The van der Waals surface area contributed by atoms with Gasteiger partial charge in [-0.1, -0.05) is 6.07 Å². The first-order valence-corrected chi connectivity index (χ1v) is 6.26. The molecule has 0 bridgehead atoms. The van der Waals surface area contributed by atoms with E-state index in [9.17, 15) is 0 Å². The second kappa shape index (κ2) is 5.08. The number of benzene rings is 1. The monoisotopic (exact) mass is 269 g/mol. The minimum atomic E-state index is 0.342. The van der Waals surface area contributed by atoms with Gasteiger partial charge in [0, 0.05) is 18.8 Å². The zero-order valence-electron chi connectivity index (χ0n) is 11.1. The van der Waals surface area contributed by atoms with Crippen LogP contribution in [-0.4, -0.2) is 22.0 Å². The number of fused-ring (bicyclic) bond motifs is 1. The van der Waals surface area contributed by atoms with Gasteiger partial charge in [0.15, 0.2) is 5.65 Å². The third-order valence-electron chi connectivity index (χ3n) is 2.88. The SMILES string of the molecule is CNc1ccc2[nH]c(COc3cccc(N)c3)nc2n1. The van der Waals surface area contributed by atoms with Crippen LogP contribution in [0.25, 0.3) is 11.2 Å². The molecule has 3 rings (SSSR count). The van der Waals surface area contributed by atoms with Gasteiger partial charge >= 0.3 is 0 Å². The molecular formula is C14H15N5O. The summed E-state index contributed by atoms with van der Waals surface area (Å²) in [6.07, 6.45) is 0.